The van der Waals surface area contributed by atoms with Gasteiger partial charge in [0.15, 0.2) is 0 Å². The van der Waals surface area contributed by atoms with E-state index in [1.54, 1.807) is 0 Å². The van der Waals surface area contributed by atoms with Gasteiger partial charge in [0.25, 0.3) is 0 Å². The number of amides is 3. The van der Waals surface area contributed by atoms with E-state index in [9.17, 15) is 9.59 Å². The molecule has 3 amide bonds. The quantitative estimate of drug-likeness (QED) is 0.686. The minimum atomic E-state index is -0.454. The van der Waals surface area contributed by atoms with Crippen LogP contribution >= 0.6 is 0 Å². The second kappa shape index (κ2) is 7.45. The number of carbonyl (C=O) groups excluding carboxylic acids is 2. The van der Waals surface area contributed by atoms with Gasteiger partial charge in [-0.3, -0.25) is 15.0 Å². The smallest absolute Gasteiger partial charge is 0.321 e. The molecule has 0 radical (unpaired) electrons. The summed E-state index contributed by atoms with van der Waals surface area (Å²) < 4.78 is 0. The maximum absolute atomic E-state index is 11.9. The van der Waals surface area contributed by atoms with Crippen LogP contribution in [0.3, 0.4) is 0 Å². The molecule has 0 saturated heterocycles. The second-order valence-electron chi connectivity index (χ2n) is 5.20. The summed E-state index contributed by atoms with van der Waals surface area (Å²) >= 11 is 0. The highest BCUT2D eigenvalue weighted by atomic mass is 16.2. The highest BCUT2D eigenvalue weighted by Gasteiger charge is 2.29. The van der Waals surface area contributed by atoms with Crippen molar-refractivity contribution in [1.82, 2.24) is 20.9 Å². The molecule has 1 aliphatic rings. The summed E-state index contributed by atoms with van der Waals surface area (Å²) in [5, 5.41) is 8.01. The predicted octanol–water partition coefficient (Wildman–Crippen LogP) is 0.293. The molecule has 0 aromatic heterocycles. The molecule has 1 unspecified atom stereocenters. The Hall–Kier alpha value is -1.14. The van der Waals surface area contributed by atoms with E-state index in [1.165, 1.54) is 7.05 Å². The van der Waals surface area contributed by atoms with Crippen LogP contribution in [0.15, 0.2) is 0 Å². The number of urea groups is 1. The van der Waals surface area contributed by atoms with Gasteiger partial charge in [-0.1, -0.05) is 0 Å². The van der Waals surface area contributed by atoms with Crippen molar-refractivity contribution in [2.45, 2.75) is 50.7 Å². The zero-order valence-corrected chi connectivity index (χ0v) is 12.3. The van der Waals surface area contributed by atoms with Gasteiger partial charge in [-0.05, 0) is 46.7 Å². The molecule has 3 N–H and O–H groups in total. The monoisotopic (exact) mass is 270 g/mol. The molecule has 1 fully saturated rings. The zero-order chi connectivity index (χ0) is 14.4. The van der Waals surface area contributed by atoms with Crippen LogP contribution in [-0.2, 0) is 4.79 Å². The second-order valence-corrected chi connectivity index (χ2v) is 5.20. The van der Waals surface area contributed by atoms with Gasteiger partial charge >= 0.3 is 6.03 Å². The highest BCUT2D eigenvalue weighted by molar-refractivity contribution is 5.96. The maximum atomic E-state index is 11.9. The molecule has 0 aliphatic heterocycles. The zero-order valence-electron chi connectivity index (χ0n) is 12.3. The first kappa shape index (κ1) is 15.9. The van der Waals surface area contributed by atoms with Gasteiger partial charge in [0, 0.05) is 19.1 Å². The van der Waals surface area contributed by atoms with E-state index in [4.69, 9.17) is 0 Å². The minimum absolute atomic E-state index is 0.252. The summed E-state index contributed by atoms with van der Waals surface area (Å²) in [6.45, 7) is 1.84. The lowest BCUT2D eigenvalue weighted by Gasteiger charge is -2.37. The van der Waals surface area contributed by atoms with E-state index in [0.29, 0.717) is 12.1 Å². The van der Waals surface area contributed by atoms with Crippen LogP contribution in [0.25, 0.3) is 0 Å². The number of nitrogens with one attached hydrogen (secondary N) is 3. The van der Waals surface area contributed by atoms with Gasteiger partial charge in [0.2, 0.25) is 5.91 Å². The van der Waals surface area contributed by atoms with Crippen molar-refractivity contribution in [3.05, 3.63) is 0 Å². The summed E-state index contributed by atoms with van der Waals surface area (Å²) in [7, 11) is 5.45. The maximum Gasteiger partial charge on any atom is 0.321 e. The molecule has 1 aliphatic carbocycles. The fraction of sp³-hybridized carbons (Fsp3) is 0.846. The molecule has 1 atom stereocenters. The average Bonchev–Trinajstić information content (AvgIpc) is 2.45. The number of carbonyl (C=O) groups is 2. The summed E-state index contributed by atoms with van der Waals surface area (Å²) in [4.78, 5) is 25.1. The first-order valence-corrected chi connectivity index (χ1v) is 6.91. The molecule has 0 aromatic carbocycles. The Morgan fingerprint density at radius 1 is 1.16 bits per heavy atom. The number of hydrogen-bond donors (Lipinski definition) is 3. The van der Waals surface area contributed by atoms with Gasteiger partial charge in [-0.15, -0.1) is 0 Å². The van der Waals surface area contributed by atoms with Crippen LogP contribution in [0.5, 0.6) is 0 Å². The Kier molecular flexibility index (Phi) is 6.24. The van der Waals surface area contributed by atoms with Gasteiger partial charge < -0.3 is 10.6 Å². The van der Waals surface area contributed by atoms with Gasteiger partial charge in [0.05, 0.1) is 6.04 Å². The third kappa shape index (κ3) is 4.47. The van der Waals surface area contributed by atoms with E-state index in [1.807, 2.05) is 21.0 Å². The number of hydrogen-bond acceptors (Lipinski definition) is 4. The van der Waals surface area contributed by atoms with Crippen molar-refractivity contribution in [3.63, 3.8) is 0 Å². The molecule has 110 valence electrons. The number of likely N-dealkylation sites (N-methyl/N-ethyl adjacent to an activating group) is 1. The number of imide groups is 1. The van der Waals surface area contributed by atoms with Crippen LogP contribution in [0, 0.1) is 0 Å². The molecular formula is C13H26N4O2. The molecule has 1 saturated carbocycles. The molecule has 0 heterocycles. The Morgan fingerprint density at radius 2 is 1.74 bits per heavy atom. The molecule has 6 nitrogen and oxygen atoms in total. The molecule has 6 heteroatoms. The fourth-order valence-electron chi connectivity index (χ4n) is 2.55. The summed E-state index contributed by atoms with van der Waals surface area (Å²) in [5.74, 6) is -0.252. The van der Waals surface area contributed by atoms with Crippen molar-refractivity contribution < 1.29 is 9.59 Å². The van der Waals surface area contributed by atoms with Crippen LogP contribution in [0.4, 0.5) is 4.79 Å². The Labute approximate surface area is 115 Å². The molecule has 0 aromatic rings. The van der Waals surface area contributed by atoms with E-state index >= 15 is 0 Å². The summed E-state index contributed by atoms with van der Waals surface area (Å²) in [6.07, 6.45) is 4.43. The minimum Gasteiger partial charge on any atom is -0.341 e. The van der Waals surface area contributed by atoms with E-state index in [0.717, 1.165) is 25.7 Å². The highest BCUT2D eigenvalue weighted by Crippen LogP contribution is 2.23. The van der Waals surface area contributed by atoms with Crippen LogP contribution < -0.4 is 16.0 Å². The first-order chi connectivity index (χ1) is 8.99. The van der Waals surface area contributed by atoms with E-state index in [-0.39, 0.29) is 11.9 Å². The Balaban J connectivity index is 2.46. The molecular weight excluding hydrogens is 244 g/mol. The van der Waals surface area contributed by atoms with E-state index in [2.05, 4.69) is 20.9 Å². The standard InChI is InChI=1S/C13H26N4O2/c1-9(12(18)16-13(19)15-3)17(4)11-7-5-10(14-2)6-8-11/h9-11,14H,5-8H2,1-4H3,(H2,15,16,18,19). The van der Waals surface area contributed by atoms with Crippen molar-refractivity contribution in [1.29, 1.82) is 0 Å². The van der Waals surface area contributed by atoms with Crippen LogP contribution in [-0.4, -0.2) is 56.1 Å². The van der Waals surface area contributed by atoms with Crippen LogP contribution in [0.1, 0.15) is 32.6 Å². The summed E-state index contributed by atoms with van der Waals surface area (Å²) in [5.41, 5.74) is 0. The largest absolute Gasteiger partial charge is 0.341 e. The van der Waals surface area contributed by atoms with Crippen molar-refractivity contribution in [2.24, 2.45) is 0 Å². The lowest BCUT2D eigenvalue weighted by atomic mass is 9.90. The van der Waals surface area contributed by atoms with Gasteiger partial charge in [-0.2, -0.15) is 0 Å². The van der Waals surface area contributed by atoms with Crippen molar-refractivity contribution >= 4 is 11.9 Å². The third-order valence-corrected chi connectivity index (χ3v) is 4.14. The Bertz CT molecular complexity index is 314. The van der Waals surface area contributed by atoms with E-state index < -0.39 is 6.03 Å². The first-order valence-electron chi connectivity index (χ1n) is 6.91. The molecule has 0 spiro atoms. The fourth-order valence-corrected chi connectivity index (χ4v) is 2.55. The average molecular weight is 270 g/mol. The number of rotatable bonds is 4. The topological polar surface area (TPSA) is 73.5 Å². The van der Waals surface area contributed by atoms with Gasteiger partial charge in [0.1, 0.15) is 0 Å². The Morgan fingerprint density at radius 3 is 2.21 bits per heavy atom. The van der Waals surface area contributed by atoms with Crippen molar-refractivity contribution in [3.8, 4) is 0 Å². The van der Waals surface area contributed by atoms with Crippen molar-refractivity contribution in [2.75, 3.05) is 21.1 Å². The SMILES string of the molecule is CNC(=O)NC(=O)C(C)N(C)C1CCC(NC)CC1. The third-order valence-electron chi connectivity index (χ3n) is 4.14. The lowest BCUT2D eigenvalue weighted by molar-refractivity contribution is -0.125. The lowest BCUT2D eigenvalue weighted by Crippen LogP contribution is -2.52. The molecule has 1 rings (SSSR count). The number of nitrogens with zero attached hydrogens (tertiary/aromatic N) is 1. The normalized spacial score (nSPS) is 24.9. The summed E-state index contributed by atoms with van der Waals surface area (Å²) in [6, 6.07) is 0.257. The van der Waals surface area contributed by atoms with Crippen LogP contribution in [0.2, 0.25) is 0 Å². The van der Waals surface area contributed by atoms with Gasteiger partial charge in [-0.25, -0.2) is 4.79 Å². The molecule has 0 bridgehead atoms. The molecule has 19 heavy (non-hydrogen) atoms. The predicted molar refractivity (Wildman–Crippen MR) is 74.9 cm³/mol.